The van der Waals surface area contributed by atoms with Crippen LogP contribution in [-0.2, 0) is 18.4 Å². The number of aromatic nitrogens is 2. The minimum Gasteiger partial charge on any atom is -0.550 e. The normalized spacial score (nSPS) is 10.8. The first-order valence-corrected chi connectivity index (χ1v) is 14.8. The molecule has 0 unspecified atom stereocenters. The number of aryl methyl sites for hydroxylation is 2. The molecule has 0 saturated carbocycles. The zero-order valence-electron chi connectivity index (χ0n) is 23.2. The van der Waals surface area contributed by atoms with E-state index in [1.54, 1.807) is 0 Å². The number of hydrogen-bond donors (Lipinski definition) is 0. The van der Waals surface area contributed by atoms with Gasteiger partial charge in [0.25, 0.3) is 0 Å². The summed E-state index contributed by atoms with van der Waals surface area (Å²) in [4.78, 5) is 10.1. The molecule has 1 rings (SSSR count). The zero-order valence-corrected chi connectivity index (χ0v) is 23.2. The Morgan fingerprint density at radius 3 is 1.38 bits per heavy atom. The molecule has 0 bridgehead atoms. The number of carboxylic acid groups (broad SMARTS) is 1. The van der Waals surface area contributed by atoms with E-state index in [0.29, 0.717) is 0 Å². The van der Waals surface area contributed by atoms with Gasteiger partial charge in [-0.15, -0.1) is 0 Å². The Kier molecular flexibility index (Phi) is 25.3. The van der Waals surface area contributed by atoms with Gasteiger partial charge in [0.2, 0.25) is 6.33 Å². The van der Waals surface area contributed by atoms with E-state index in [0.717, 1.165) is 12.8 Å². The number of hydrogen-bond acceptors (Lipinski definition) is 2. The predicted molar refractivity (Wildman–Crippen MR) is 144 cm³/mol. The Labute approximate surface area is 212 Å². The highest BCUT2D eigenvalue weighted by Gasteiger charge is 1.99. The van der Waals surface area contributed by atoms with Gasteiger partial charge in [-0.2, -0.15) is 0 Å². The summed E-state index contributed by atoms with van der Waals surface area (Å²) in [5, 5.41) is 10.1. The van der Waals surface area contributed by atoms with Crippen LogP contribution in [0, 0.1) is 0 Å². The van der Waals surface area contributed by atoms with Crippen LogP contribution in [0.5, 0.6) is 0 Å². The van der Waals surface area contributed by atoms with Gasteiger partial charge in [0, 0.05) is 5.97 Å². The van der Waals surface area contributed by atoms with Crippen LogP contribution in [-0.4, -0.2) is 10.5 Å². The molecule has 0 aromatic carbocycles. The predicted octanol–water partition coefficient (Wildman–Crippen LogP) is 7.67. The molecule has 0 amide bonds. The second-order valence-corrected chi connectivity index (χ2v) is 10.2. The van der Waals surface area contributed by atoms with E-state index in [-0.39, 0.29) is 6.42 Å². The summed E-state index contributed by atoms with van der Waals surface area (Å²) in [5.41, 5.74) is 0. The first kappa shape index (κ1) is 32.7. The molecule has 1 aromatic heterocycles. The molecule has 34 heavy (non-hydrogen) atoms. The van der Waals surface area contributed by atoms with Crippen molar-refractivity contribution in [2.75, 3.05) is 0 Å². The minimum atomic E-state index is -0.907. The van der Waals surface area contributed by atoms with Crippen LogP contribution in [0.25, 0.3) is 0 Å². The molecule has 0 aliphatic rings. The van der Waals surface area contributed by atoms with E-state index in [1.165, 1.54) is 129 Å². The van der Waals surface area contributed by atoms with E-state index in [2.05, 4.69) is 48.8 Å². The van der Waals surface area contributed by atoms with Gasteiger partial charge in [0.1, 0.15) is 12.4 Å². The fourth-order valence-electron chi connectivity index (χ4n) is 4.35. The van der Waals surface area contributed by atoms with Gasteiger partial charge in [-0.1, -0.05) is 129 Å². The fraction of sp³-hybridized carbons (Fsp3) is 0.867. The van der Waals surface area contributed by atoms with Crippen LogP contribution in [0.4, 0.5) is 0 Å². The first-order chi connectivity index (χ1) is 16.6. The number of carboxylic acids is 1. The number of carbonyl (C=O) groups excluding carboxylic acids is 1. The maximum absolute atomic E-state index is 10.1. The van der Waals surface area contributed by atoms with Crippen molar-refractivity contribution in [3.8, 4) is 0 Å². The molecule has 0 atom stereocenters. The smallest absolute Gasteiger partial charge is 0.243 e. The summed E-state index contributed by atoms with van der Waals surface area (Å²) in [6.45, 7) is 5.70. The average molecular weight is 479 g/mol. The second-order valence-electron chi connectivity index (χ2n) is 10.2. The van der Waals surface area contributed by atoms with E-state index in [4.69, 9.17) is 0 Å². The lowest BCUT2D eigenvalue weighted by Gasteiger charge is -2.03. The van der Waals surface area contributed by atoms with Crippen LogP contribution < -0.4 is 9.67 Å². The molecule has 1 heterocycles. The number of nitrogens with zero attached hydrogens (tertiary/aromatic N) is 2. The van der Waals surface area contributed by atoms with Crippen molar-refractivity contribution in [1.82, 2.24) is 4.57 Å². The molecule has 0 radical (unpaired) electrons. The van der Waals surface area contributed by atoms with Crippen molar-refractivity contribution in [3.63, 3.8) is 0 Å². The third-order valence-corrected chi connectivity index (χ3v) is 6.58. The Morgan fingerprint density at radius 2 is 1.03 bits per heavy atom. The average Bonchev–Trinajstić information content (AvgIpc) is 3.24. The van der Waals surface area contributed by atoms with Crippen LogP contribution >= 0.6 is 0 Å². The Bertz CT molecular complexity index is 542. The largest absolute Gasteiger partial charge is 0.550 e. The molecular weight excluding hydrogens is 420 g/mol. The highest BCUT2D eigenvalue weighted by atomic mass is 16.4. The summed E-state index contributed by atoms with van der Waals surface area (Å²) in [6, 6.07) is 0. The van der Waals surface area contributed by atoms with Gasteiger partial charge < -0.3 is 9.90 Å². The van der Waals surface area contributed by atoms with Crippen molar-refractivity contribution in [2.45, 2.75) is 162 Å². The monoisotopic (exact) mass is 478 g/mol. The van der Waals surface area contributed by atoms with Crippen LogP contribution in [0.1, 0.15) is 155 Å². The van der Waals surface area contributed by atoms with Gasteiger partial charge in [-0.05, 0) is 25.7 Å². The van der Waals surface area contributed by atoms with Crippen LogP contribution in [0.2, 0.25) is 0 Å². The zero-order chi connectivity index (χ0) is 25.1. The van der Waals surface area contributed by atoms with Crippen molar-refractivity contribution in [1.29, 1.82) is 0 Å². The lowest BCUT2D eigenvalue weighted by Crippen LogP contribution is -2.30. The lowest BCUT2D eigenvalue weighted by molar-refractivity contribution is -0.696. The fourth-order valence-corrected chi connectivity index (χ4v) is 4.35. The Morgan fingerprint density at radius 1 is 0.647 bits per heavy atom. The Hall–Kier alpha value is -1.32. The van der Waals surface area contributed by atoms with Crippen molar-refractivity contribution >= 4 is 5.97 Å². The molecular formula is C30H58N2O2. The molecule has 4 heteroatoms. The third kappa shape index (κ3) is 25.3. The van der Waals surface area contributed by atoms with E-state index in [1.807, 2.05) is 0 Å². The number of aliphatic carboxylic acids is 1. The number of imidazole rings is 1. The molecule has 4 nitrogen and oxygen atoms in total. The molecule has 0 spiro atoms. The van der Waals surface area contributed by atoms with Crippen molar-refractivity contribution in [2.24, 2.45) is 7.05 Å². The van der Waals surface area contributed by atoms with Crippen LogP contribution in [0.3, 0.4) is 0 Å². The maximum Gasteiger partial charge on any atom is 0.243 e. The highest BCUT2D eigenvalue weighted by molar-refractivity contribution is 5.63. The molecule has 0 aliphatic carbocycles. The van der Waals surface area contributed by atoms with Crippen molar-refractivity contribution < 1.29 is 14.5 Å². The number of unbranched alkanes of at least 4 members (excludes halogenated alkanes) is 19. The summed E-state index contributed by atoms with van der Waals surface area (Å²) >= 11 is 0. The van der Waals surface area contributed by atoms with Gasteiger partial charge in [-0.3, -0.25) is 0 Å². The molecule has 1 aromatic rings. The quantitative estimate of drug-likeness (QED) is 0.120. The first-order valence-electron chi connectivity index (χ1n) is 14.8. The Balaban J connectivity index is 0.000000646. The van der Waals surface area contributed by atoms with Gasteiger partial charge >= 0.3 is 0 Å². The summed E-state index contributed by atoms with van der Waals surface area (Å²) in [7, 11) is 2.08. The van der Waals surface area contributed by atoms with Gasteiger partial charge in [0.15, 0.2) is 0 Å². The standard InChI is InChI=1S/C16H31N2.C14H28O2/c1-3-4-5-6-7-8-9-10-11-12-13-18-15-14-17(2)16-18;1-2-3-4-5-6-7-8-9-10-11-12-13-14(15)16/h14-16H,3-13H2,1-2H3;2-13H2,1H3,(H,15,16)/q+1;/p-1. The summed E-state index contributed by atoms with van der Waals surface area (Å²) in [5.74, 6) is -0.907. The lowest BCUT2D eigenvalue weighted by atomic mass is 10.1. The second kappa shape index (κ2) is 26.3. The molecule has 0 saturated heterocycles. The molecule has 0 aliphatic heterocycles. The summed E-state index contributed by atoms with van der Waals surface area (Å²) < 4.78 is 4.39. The molecule has 0 N–H and O–H groups in total. The maximum atomic E-state index is 10.1. The van der Waals surface area contributed by atoms with Gasteiger partial charge in [0.05, 0.1) is 13.6 Å². The number of rotatable bonds is 23. The van der Waals surface area contributed by atoms with Gasteiger partial charge in [-0.25, -0.2) is 9.13 Å². The summed E-state index contributed by atoms with van der Waals surface area (Å²) in [6.07, 6.45) is 34.6. The van der Waals surface area contributed by atoms with E-state index in [9.17, 15) is 9.90 Å². The van der Waals surface area contributed by atoms with Crippen molar-refractivity contribution in [3.05, 3.63) is 18.7 Å². The topological polar surface area (TPSA) is 48.9 Å². The molecule has 0 fully saturated rings. The van der Waals surface area contributed by atoms with E-state index < -0.39 is 5.97 Å². The number of carbonyl (C=O) groups is 1. The minimum absolute atomic E-state index is 0.233. The highest BCUT2D eigenvalue weighted by Crippen LogP contribution is 2.12. The third-order valence-electron chi connectivity index (χ3n) is 6.58. The van der Waals surface area contributed by atoms with Crippen LogP contribution in [0.15, 0.2) is 18.7 Å². The molecule has 200 valence electrons. The van der Waals surface area contributed by atoms with E-state index >= 15 is 0 Å². The SMILES string of the molecule is CCCCCCCCCCCCCC(=O)[O-].CCCCCCCCCCCC[n+]1ccn(C)c1.